The number of aromatic nitrogens is 2. The first-order valence-electron chi connectivity index (χ1n) is 9.33. The van der Waals surface area contributed by atoms with Gasteiger partial charge in [-0.15, -0.1) is 0 Å². The van der Waals surface area contributed by atoms with Crippen LogP contribution < -0.4 is 15.6 Å². The maximum Gasteiger partial charge on any atom is 0.269 e. The molecule has 0 radical (unpaired) electrons. The summed E-state index contributed by atoms with van der Waals surface area (Å²) in [6.07, 6.45) is 2.49. The summed E-state index contributed by atoms with van der Waals surface area (Å²) in [6.45, 7) is 5.07. The molecule has 3 rings (SSSR count). The second kappa shape index (κ2) is 8.75. The lowest BCUT2D eigenvalue weighted by atomic mass is 9.94. The second-order valence-corrected chi connectivity index (χ2v) is 9.24. The van der Waals surface area contributed by atoms with Gasteiger partial charge in [0.2, 0.25) is 21.9 Å². The largest absolute Gasteiger partial charge is 0.481 e. The zero-order valence-electron chi connectivity index (χ0n) is 16.6. The quantitative estimate of drug-likeness (QED) is 0.688. The van der Waals surface area contributed by atoms with Crippen LogP contribution in [0.25, 0.3) is 0 Å². The number of hydrazine groups is 1. The zero-order chi connectivity index (χ0) is 21.0. The lowest BCUT2D eigenvalue weighted by Gasteiger charge is -2.34. The van der Waals surface area contributed by atoms with Crippen molar-refractivity contribution in [2.75, 3.05) is 25.6 Å². The van der Waals surface area contributed by atoms with Crippen molar-refractivity contribution in [2.24, 2.45) is 11.8 Å². The first kappa shape index (κ1) is 21.0. The highest BCUT2D eigenvalue weighted by Gasteiger charge is 2.31. The topological polar surface area (TPSA) is 114 Å². The molecule has 156 valence electrons. The van der Waals surface area contributed by atoms with Gasteiger partial charge in [-0.1, -0.05) is 19.9 Å². The number of hydrogen-bond acceptors (Lipinski definition) is 7. The van der Waals surface area contributed by atoms with Gasteiger partial charge in [0.15, 0.2) is 0 Å². The molecule has 1 amide bonds. The molecule has 2 aromatic rings. The van der Waals surface area contributed by atoms with Crippen molar-refractivity contribution in [3.63, 3.8) is 0 Å². The third-order valence-electron chi connectivity index (χ3n) is 4.70. The highest BCUT2D eigenvalue weighted by Crippen LogP contribution is 2.27. The Bertz CT molecular complexity index is 972. The van der Waals surface area contributed by atoms with Crippen LogP contribution in [0.1, 0.15) is 30.6 Å². The number of anilines is 1. The predicted octanol–water partition coefficient (Wildman–Crippen LogP) is 1.91. The van der Waals surface area contributed by atoms with Crippen LogP contribution in [0.3, 0.4) is 0 Å². The van der Waals surface area contributed by atoms with E-state index in [0.717, 1.165) is 6.42 Å². The standard InChI is InChI=1S/C19H25N5O4S/c1-13-9-14(2)12-24(11-13)29(26,27)16-6-4-5-15(10-16)18(25)22-23-19-20-8-7-17(21-19)28-3/h4-8,10,13-14H,9,11-12H2,1-3H3,(H,22,25)(H,20,21,23). The number of nitrogens with zero attached hydrogens (tertiary/aromatic N) is 3. The molecule has 1 aliphatic heterocycles. The lowest BCUT2D eigenvalue weighted by molar-refractivity contribution is 0.0962. The Balaban J connectivity index is 1.73. The number of piperidine rings is 1. The highest BCUT2D eigenvalue weighted by molar-refractivity contribution is 7.89. The molecule has 9 nitrogen and oxygen atoms in total. The van der Waals surface area contributed by atoms with Crippen LogP contribution in [-0.2, 0) is 10.0 Å². The van der Waals surface area contributed by atoms with E-state index in [2.05, 4.69) is 20.8 Å². The van der Waals surface area contributed by atoms with Crippen LogP contribution >= 0.6 is 0 Å². The van der Waals surface area contributed by atoms with Gasteiger partial charge >= 0.3 is 0 Å². The van der Waals surface area contributed by atoms with E-state index in [4.69, 9.17) is 4.74 Å². The minimum atomic E-state index is -3.67. The van der Waals surface area contributed by atoms with Crippen molar-refractivity contribution in [3.8, 4) is 5.88 Å². The Labute approximate surface area is 170 Å². The summed E-state index contributed by atoms with van der Waals surface area (Å²) in [5.74, 6) is 0.584. The van der Waals surface area contributed by atoms with Crippen LogP contribution in [-0.4, -0.2) is 48.8 Å². The number of hydrogen-bond donors (Lipinski definition) is 2. The van der Waals surface area contributed by atoms with Crippen LogP contribution in [0.5, 0.6) is 5.88 Å². The second-order valence-electron chi connectivity index (χ2n) is 7.30. The molecule has 1 saturated heterocycles. The van der Waals surface area contributed by atoms with Crippen molar-refractivity contribution in [2.45, 2.75) is 25.2 Å². The third-order valence-corrected chi connectivity index (χ3v) is 6.52. The van der Waals surface area contributed by atoms with Gasteiger partial charge in [0.05, 0.1) is 12.0 Å². The summed E-state index contributed by atoms with van der Waals surface area (Å²) in [6, 6.07) is 7.56. The number of amides is 1. The van der Waals surface area contributed by atoms with Crippen LogP contribution in [0, 0.1) is 11.8 Å². The molecule has 0 saturated carbocycles. The van der Waals surface area contributed by atoms with Crippen LogP contribution in [0.2, 0.25) is 0 Å². The Hall–Kier alpha value is -2.72. The molecule has 2 N–H and O–H groups in total. The maximum atomic E-state index is 13.0. The van der Waals surface area contributed by atoms with Gasteiger partial charge in [-0.2, -0.15) is 9.29 Å². The molecule has 2 atom stereocenters. The average molecular weight is 420 g/mol. The minimum Gasteiger partial charge on any atom is -0.481 e. The van der Waals surface area contributed by atoms with Gasteiger partial charge in [0, 0.05) is 30.9 Å². The van der Waals surface area contributed by atoms with Crippen LogP contribution in [0.15, 0.2) is 41.4 Å². The minimum absolute atomic E-state index is 0.101. The third kappa shape index (κ3) is 5.01. The van der Waals surface area contributed by atoms with E-state index in [0.29, 0.717) is 30.8 Å². The molecular weight excluding hydrogens is 394 g/mol. The van der Waals surface area contributed by atoms with Crippen LogP contribution in [0.4, 0.5) is 5.95 Å². The first-order valence-corrected chi connectivity index (χ1v) is 10.8. The summed E-state index contributed by atoms with van der Waals surface area (Å²) in [7, 11) is -2.20. The normalized spacial score (nSPS) is 20.1. The van der Waals surface area contributed by atoms with Crippen molar-refractivity contribution in [3.05, 3.63) is 42.1 Å². The first-order chi connectivity index (χ1) is 13.8. The fourth-order valence-corrected chi connectivity index (χ4v) is 5.18. The smallest absolute Gasteiger partial charge is 0.269 e. The number of carbonyl (C=O) groups excluding carboxylic acids is 1. The molecular formula is C19H25N5O4S. The molecule has 1 aromatic carbocycles. The number of sulfonamides is 1. The van der Waals surface area contributed by atoms with Gasteiger partial charge < -0.3 is 4.74 Å². The molecule has 29 heavy (non-hydrogen) atoms. The molecule has 10 heteroatoms. The van der Waals surface area contributed by atoms with Crippen molar-refractivity contribution in [1.82, 2.24) is 19.7 Å². The number of benzene rings is 1. The Morgan fingerprint density at radius 3 is 2.62 bits per heavy atom. The van der Waals surface area contributed by atoms with Gasteiger partial charge in [-0.3, -0.25) is 15.6 Å². The summed E-state index contributed by atoms with van der Waals surface area (Å²) < 4.78 is 32.6. The number of carbonyl (C=O) groups is 1. The monoisotopic (exact) mass is 419 g/mol. The fourth-order valence-electron chi connectivity index (χ4n) is 3.45. The van der Waals surface area contributed by atoms with Gasteiger partial charge in [0.25, 0.3) is 5.91 Å². The predicted molar refractivity (Wildman–Crippen MR) is 108 cm³/mol. The molecule has 0 bridgehead atoms. The van der Waals surface area contributed by atoms with E-state index in [1.807, 2.05) is 13.8 Å². The zero-order valence-corrected chi connectivity index (χ0v) is 17.4. The molecule has 0 aliphatic carbocycles. The van der Waals surface area contributed by atoms with Crippen molar-refractivity contribution >= 4 is 21.9 Å². The molecule has 0 spiro atoms. The van der Waals surface area contributed by atoms with Crippen molar-refractivity contribution < 1.29 is 17.9 Å². The van der Waals surface area contributed by atoms with Gasteiger partial charge in [-0.05, 0) is 36.5 Å². The number of nitrogens with one attached hydrogen (secondary N) is 2. The van der Waals surface area contributed by atoms with E-state index in [9.17, 15) is 13.2 Å². The van der Waals surface area contributed by atoms with E-state index in [1.54, 1.807) is 18.2 Å². The summed E-state index contributed by atoms with van der Waals surface area (Å²) in [5.41, 5.74) is 5.26. The molecule has 2 heterocycles. The Morgan fingerprint density at radius 1 is 1.21 bits per heavy atom. The number of rotatable bonds is 6. The molecule has 1 fully saturated rings. The molecule has 2 unspecified atom stereocenters. The Kier molecular flexibility index (Phi) is 6.33. The lowest BCUT2D eigenvalue weighted by Crippen LogP contribution is -2.42. The summed E-state index contributed by atoms with van der Waals surface area (Å²) in [5, 5.41) is 0. The van der Waals surface area contributed by atoms with E-state index >= 15 is 0 Å². The van der Waals surface area contributed by atoms with Gasteiger partial charge in [-0.25, -0.2) is 13.4 Å². The fraction of sp³-hybridized carbons (Fsp3) is 0.421. The molecule has 1 aromatic heterocycles. The summed E-state index contributed by atoms with van der Waals surface area (Å²) >= 11 is 0. The summed E-state index contributed by atoms with van der Waals surface area (Å²) in [4.78, 5) is 20.6. The molecule has 1 aliphatic rings. The highest BCUT2D eigenvalue weighted by atomic mass is 32.2. The SMILES string of the molecule is COc1ccnc(NNC(=O)c2cccc(S(=O)(=O)N3CC(C)CC(C)C3)c2)n1. The van der Waals surface area contributed by atoms with E-state index in [-0.39, 0.29) is 16.4 Å². The van der Waals surface area contributed by atoms with Gasteiger partial charge in [0.1, 0.15) is 0 Å². The number of ether oxygens (including phenoxy) is 1. The van der Waals surface area contributed by atoms with E-state index in [1.165, 1.54) is 29.7 Å². The Morgan fingerprint density at radius 2 is 1.93 bits per heavy atom. The number of methoxy groups -OCH3 is 1. The average Bonchev–Trinajstić information content (AvgIpc) is 2.71. The van der Waals surface area contributed by atoms with Crippen molar-refractivity contribution in [1.29, 1.82) is 0 Å². The van der Waals surface area contributed by atoms with E-state index < -0.39 is 15.9 Å². The maximum absolute atomic E-state index is 13.0.